The molecule has 5 nitrogen and oxygen atoms in total. The van der Waals surface area contributed by atoms with Gasteiger partial charge in [0.25, 0.3) is 0 Å². The van der Waals surface area contributed by atoms with Gasteiger partial charge in [0.05, 0.1) is 16.7 Å². The van der Waals surface area contributed by atoms with E-state index in [1.54, 1.807) is 0 Å². The molecule has 6 heteroatoms. The second kappa shape index (κ2) is 5.52. The van der Waals surface area contributed by atoms with E-state index >= 15 is 0 Å². The van der Waals surface area contributed by atoms with Crippen molar-refractivity contribution in [2.75, 3.05) is 18.9 Å². The number of nitrogens with two attached hydrogens (primary N) is 1. The molecule has 1 saturated heterocycles. The number of pyridine rings is 1. The number of anilines is 1. The van der Waals surface area contributed by atoms with Gasteiger partial charge in [0.1, 0.15) is 5.52 Å². The molecule has 4 rings (SSSR count). The van der Waals surface area contributed by atoms with Crippen LogP contribution < -0.4 is 5.73 Å². The van der Waals surface area contributed by atoms with Gasteiger partial charge in [0.15, 0.2) is 5.95 Å². The number of nitrogens with one attached hydrogen (secondary N) is 1. The maximum Gasteiger partial charge on any atom is 0.198 e. The van der Waals surface area contributed by atoms with Crippen LogP contribution in [0.3, 0.4) is 0 Å². The van der Waals surface area contributed by atoms with Crippen molar-refractivity contribution >= 4 is 43.8 Å². The number of hydrogen-bond donors (Lipinski definition) is 2. The first-order valence-corrected chi connectivity index (χ1v) is 8.31. The minimum atomic E-state index is 0.445. The van der Waals surface area contributed by atoms with E-state index in [1.807, 2.05) is 18.2 Å². The highest BCUT2D eigenvalue weighted by Crippen LogP contribution is 2.30. The zero-order valence-corrected chi connectivity index (χ0v) is 13.7. The van der Waals surface area contributed by atoms with Crippen molar-refractivity contribution in [2.24, 2.45) is 5.92 Å². The Kier molecular flexibility index (Phi) is 3.50. The van der Waals surface area contributed by atoms with Gasteiger partial charge in [-0.2, -0.15) is 0 Å². The fourth-order valence-electron chi connectivity index (χ4n) is 3.17. The number of rotatable bonds is 2. The second-order valence-electron chi connectivity index (χ2n) is 5.83. The third-order valence-corrected chi connectivity index (χ3v) is 4.80. The van der Waals surface area contributed by atoms with E-state index in [0.717, 1.165) is 64.6 Å². The molecular formula is C16H17BrN4O. The fourth-order valence-corrected chi connectivity index (χ4v) is 3.52. The van der Waals surface area contributed by atoms with E-state index in [9.17, 15) is 0 Å². The van der Waals surface area contributed by atoms with Crippen LogP contribution in [0.15, 0.2) is 22.7 Å². The molecular weight excluding hydrogens is 344 g/mol. The highest BCUT2D eigenvalue weighted by Gasteiger charge is 2.19. The van der Waals surface area contributed by atoms with Gasteiger partial charge in [-0.25, -0.2) is 4.98 Å². The van der Waals surface area contributed by atoms with Gasteiger partial charge >= 0.3 is 0 Å². The molecule has 2 aromatic heterocycles. The van der Waals surface area contributed by atoms with Crippen LogP contribution in [0, 0.1) is 5.92 Å². The van der Waals surface area contributed by atoms with Gasteiger partial charge in [-0.05, 0) is 43.4 Å². The zero-order valence-electron chi connectivity index (χ0n) is 12.1. The lowest BCUT2D eigenvalue weighted by atomic mass is 9.94. The van der Waals surface area contributed by atoms with Crippen molar-refractivity contribution < 1.29 is 4.74 Å². The molecule has 22 heavy (non-hydrogen) atoms. The Bertz CT molecular complexity index is 839. The molecule has 3 heterocycles. The van der Waals surface area contributed by atoms with Crippen LogP contribution in [0.2, 0.25) is 0 Å². The maximum absolute atomic E-state index is 5.89. The Balaban J connectivity index is 1.86. The van der Waals surface area contributed by atoms with Gasteiger partial charge in [0, 0.05) is 23.1 Å². The van der Waals surface area contributed by atoms with Crippen LogP contribution in [0.25, 0.3) is 21.9 Å². The van der Waals surface area contributed by atoms with Gasteiger partial charge in [-0.1, -0.05) is 15.9 Å². The van der Waals surface area contributed by atoms with Gasteiger partial charge < -0.3 is 15.5 Å². The summed E-state index contributed by atoms with van der Waals surface area (Å²) in [4.78, 5) is 12.5. The maximum atomic E-state index is 5.89. The molecule has 3 N–H and O–H groups in total. The lowest BCUT2D eigenvalue weighted by Gasteiger charge is -2.21. The van der Waals surface area contributed by atoms with Crippen molar-refractivity contribution in [3.8, 4) is 0 Å². The first kappa shape index (κ1) is 14.0. The molecule has 1 aliphatic heterocycles. The van der Waals surface area contributed by atoms with Crippen molar-refractivity contribution in [1.82, 2.24) is 15.0 Å². The summed E-state index contributed by atoms with van der Waals surface area (Å²) < 4.78 is 6.47. The Labute approximate surface area is 136 Å². The number of halogens is 1. The third kappa shape index (κ3) is 2.46. The SMILES string of the molecule is Nc1nc2c(CC3CCOCC3)nc3cc(Br)ccc3c2[nH]1. The van der Waals surface area contributed by atoms with Crippen LogP contribution in [-0.4, -0.2) is 28.2 Å². The molecule has 0 saturated carbocycles. The summed E-state index contributed by atoms with van der Waals surface area (Å²) in [5.41, 5.74) is 9.77. The summed E-state index contributed by atoms with van der Waals surface area (Å²) in [6, 6.07) is 6.10. The molecule has 114 valence electrons. The van der Waals surface area contributed by atoms with Crippen molar-refractivity contribution in [1.29, 1.82) is 0 Å². The minimum Gasteiger partial charge on any atom is -0.381 e. The van der Waals surface area contributed by atoms with E-state index in [-0.39, 0.29) is 0 Å². The molecule has 1 fully saturated rings. The van der Waals surface area contributed by atoms with Crippen LogP contribution in [0.4, 0.5) is 5.95 Å². The highest BCUT2D eigenvalue weighted by atomic mass is 79.9. The summed E-state index contributed by atoms with van der Waals surface area (Å²) in [6.07, 6.45) is 3.09. The molecule has 0 unspecified atom stereocenters. The van der Waals surface area contributed by atoms with E-state index in [1.165, 1.54) is 0 Å². The standard InChI is InChI=1S/C16H17BrN4O/c17-10-1-2-11-12(8-10)19-13(7-9-3-5-22-6-4-9)15-14(11)20-16(18)21-15/h1-2,8-9H,3-7H2,(H3,18,20,21). The van der Waals surface area contributed by atoms with E-state index in [2.05, 4.69) is 25.9 Å². The van der Waals surface area contributed by atoms with E-state index in [0.29, 0.717) is 11.9 Å². The quantitative estimate of drug-likeness (QED) is 0.733. The summed E-state index contributed by atoms with van der Waals surface area (Å²) >= 11 is 3.52. The average molecular weight is 361 g/mol. The first-order chi connectivity index (χ1) is 10.7. The summed E-state index contributed by atoms with van der Waals surface area (Å²) in [7, 11) is 0. The van der Waals surface area contributed by atoms with E-state index in [4.69, 9.17) is 15.5 Å². The lowest BCUT2D eigenvalue weighted by Crippen LogP contribution is -2.18. The number of nitrogens with zero attached hydrogens (tertiary/aromatic N) is 2. The van der Waals surface area contributed by atoms with Crippen LogP contribution in [-0.2, 0) is 11.2 Å². The molecule has 0 aliphatic carbocycles. The smallest absolute Gasteiger partial charge is 0.198 e. The number of imidazole rings is 1. The molecule has 3 aromatic rings. The fraction of sp³-hybridized carbons (Fsp3) is 0.375. The Morgan fingerprint density at radius 2 is 2.09 bits per heavy atom. The lowest BCUT2D eigenvalue weighted by molar-refractivity contribution is 0.0664. The topological polar surface area (TPSA) is 76.8 Å². The van der Waals surface area contributed by atoms with Crippen molar-refractivity contribution in [3.63, 3.8) is 0 Å². The number of aromatic nitrogens is 3. The molecule has 0 bridgehead atoms. The van der Waals surface area contributed by atoms with Crippen LogP contribution in [0.5, 0.6) is 0 Å². The normalized spacial score (nSPS) is 16.6. The van der Waals surface area contributed by atoms with Gasteiger partial charge in [0.2, 0.25) is 0 Å². The Morgan fingerprint density at radius 1 is 1.27 bits per heavy atom. The largest absolute Gasteiger partial charge is 0.381 e. The third-order valence-electron chi connectivity index (χ3n) is 4.30. The number of benzene rings is 1. The van der Waals surface area contributed by atoms with Crippen LogP contribution >= 0.6 is 15.9 Å². The molecule has 0 spiro atoms. The van der Waals surface area contributed by atoms with E-state index < -0.39 is 0 Å². The monoisotopic (exact) mass is 360 g/mol. The predicted octanol–water partition coefficient (Wildman–Crippen LogP) is 3.42. The first-order valence-electron chi connectivity index (χ1n) is 7.52. The number of ether oxygens (including phenoxy) is 1. The van der Waals surface area contributed by atoms with Gasteiger partial charge in [-0.15, -0.1) is 0 Å². The Hall–Kier alpha value is -1.66. The summed E-state index contributed by atoms with van der Waals surface area (Å²) in [5.74, 6) is 1.05. The van der Waals surface area contributed by atoms with Crippen LogP contribution in [0.1, 0.15) is 18.5 Å². The number of aromatic amines is 1. The molecule has 0 atom stereocenters. The van der Waals surface area contributed by atoms with Crippen molar-refractivity contribution in [3.05, 3.63) is 28.4 Å². The zero-order chi connectivity index (χ0) is 15.1. The number of hydrogen-bond acceptors (Lipinski definition) is 4. The molecule has 1 aliphatic rings. The van der Waals surface area contributed by atoms with Crippen molar-refractivity contribution in [2.45, 2.75) is 19.3 Å². The predicted molar refractivity (Wildman–Crippen MR) is 90.8 cm³/mol. The second-order valence-corrected chi connectivity index (χ2v) is 6.74. The summed E-state index contributed by atoms with van der Waals surface area (Å²) in [5, 5.41) is 1.05. The molecule has 1 aromatic carbocycles. The molecule has 0 radical (unpaired) electrons. The highest BCUT2D eigenvalue weighted by molar-refractivity contribution is 9.10. The molecule has 0 amide bonds. The summed E-state index contributed by atoms with van der Waals surface area (Å²) in [6.45, 7) is 1.69. The average Bonchev–Trinajstić information content (AvgIpc) is 2.90. The minimum absolute atomic E-state index is 0.445. The number of H-pyrrole nitrogens is 1. The number of fused-ring (bicyclic) bond motifs is 3. The van der Waals surface area contributed by atoms with Gasteiger partial charge in [-0.3, -0.25) is 4.98 Å². The number of nitrogen functional groups attached to an aromatic ring is 1. The Morgan fingerprint density at radius 3 is 2.91 bits per heavy atom.